The van der Waals surface area contributed by atoms with Gasteiger partial charge in [0, 0.05) is 35.9 Å². The molecule has 2 heterocycles. The van der Waals surface area contributed by atoms with Crippen molar-refractivity contribution in [3.05, 3.63) is 127 Å². The van der Waals surface area contributed by atoms with Gasteiger partial charge in [-0.15, -0.1) is 0 Å². The van der Waals surface area contributed by atoms with Crippen LogP contribution in [0.3, 0.4) is 0 Å². The lowest BCUT2D eigenvalue weighted by Gasteiger charge is -2.17. The number of urea groups is 1. The Labute approximate surface area is 296 Å². The van der Waals surface area contributed by atoms with E-state index in [1.807, 2.05) is 20.8 Å². The molecule has 4 N–H and O–H groups in total. The number of phenolic OH excluding ortho intramolecular Hbond substituents is 1. The summed E-state index contributed by atoms with van der Waals surface area (Å²) in [5.41, 5.74) is 2.61. The number of carbonyl (C=O) groups is 2. The average molecular weight is 723 g/mol. The van der Waals surface area contributed by atoms with Crippen LogP contribution in [0.25, 0.3) is 11.4 Å². The lowest BCUT2D eigenvalue weighted by molar-refractivity contribution is 0.0696. The third kappa shape index (κ3) is 7.77. The van der Waals surface area contributed by atoms with Gasteiger partial charge in [-0.05, 0) is 66.9 Å². The van der Waals surface area contributed by atoms with Gasteiger partial charge in [-0.1, -0.05) is 56.1 Å². The van der Waals surface area contributed by atoms with E-state index in [1.54, 1.807) is 38.1 Å². The Balaban J connectivity index is 1.34. The predicted molar refractivity (Wildman–Crippen MR) is 189 cm³/mol. The molecule has 5 rings (SSSR count). The number of pyridine rings is 1. The van der Waals surface area contributed by atoms with Gasteiger partial charge in [0.05, 0.1) is 27.7 Å². The lowest BCUT2D eigenvalue weighted by atomic mass is 9.92. The first-order valence-electron chi connectivity index (χ1n) is 15.3. The van der Waals surface area contributed by atoms with Crippen molar-refractivity contribution >= 4 is 41.0 Å². The topological polar surface area (TPSA) is 148 Å². The van der Waals surface area contributed by atoms with Gasteiger partial charge in [0.15, 0.2) is 0 Å². The molecule has 0 saturated carbocycles. The molecule has 2 aromatic heterocycles. The average Bonchev–Trinajstić information content (AvgIpc) is 3.48. The summed E-state index contributed by atoms with van der Waals surface area (Å²) in [7, 11) is 0. The summed E-state index contributed by atoms with van der Waals surface area (Å²) < 4.78 is 23.1. The van der Waals surface area contributed by atoms with Crippen molar-refractivity contribution in [2.24, 2.45) is 0 Å². The molecule has 14 heteroatoms. The summed E-state index contributed by atoms with van der Waals surface area (Å²) in [4.78, 5) is 38.0. The molecule has 0 radical (unpaired) electrons. The van der Waals surface area contributed by atoms with Crippen molar-refractivity contribution in [1.29, 1.82) is 0 Å². The Morgan fingerprint density at radius 3 is 2.40 bits per heavy atom. The Bertz CT molecular complexity index is 2190. The molecule has 0 saturated heterocycles. The van der Waals surface area contributed by atoms with E-state index in [1.165, 1.54) is 51.7 Å². The van der Waals surface area contributed by atoms with Gasteiger partial charge in [0.1, 0.15) is 34.8 Å². The molecular weight excluding hydrogens is 688 g/mol. The standard InChI is InChI=1S/C36H34Cl2FN5O6/c1-19-6-7-21(34(47)48)14-27(19)43-20(2)12-29(32(38)33(43)46)50-18-22-8-9-24(39)13-23(22)17-40-35(49)41-31-16-30(36(3,4)5)42-44(31)25-10-11-26(37)28(45)15-25/h6-16,45H,17-18H2,1-5H3,(H,47,48)(H2,40,41,49). The van der Waals surface area contributed by atoms with Crippen LogP contribution in [0, 0.1) is 19.7 Å². The van der Waals surface area contributed by atoms with Crippen LogP contribution in [0.2, 0.25) is 10.0 Å². The highest BCUT2D eigenvalue weighted by Gasteiger charge is 2.22. The SMILES string of the molecule is Cc1ccc(C(=O)O)cc1-n1c(C)cc(OCc2ccc(F)cc2CNC(=O)Nc2cc(C(C)(C)C)nn2-c2ccc(Cl)c(O)c2)c(Cl)c1=O. The maximum Gasteiger partial charge on any atom is 0.335 e. The highest BCUT2D eigenvalue weighted by Crippen LogP contribution is 2.31. The number of hydrogen-bond donors (Lipinski definition) is 4. The minimum Gasteiger partial charge on any atom is -0.506 e. The smallest absolute Gasteiger partial charge is 0.335 e. The molecule has 260 valence electrons. The molecule has 5 aromatic rings. The van der Waals surface area contributed by atoms with Crippen molar-refractivity contribution in [2.45, 2.75) is 53.2 Å². The number of aromatic hydroxyl groups is 1. The Morgan fingerprint density at radius 1 is 0.980 bits per heavy atom. The molecule has 0 unspecified atom stereocenters. The number of nitrogens with one attached hydrogen (secondary N) is 2. The summed E-state index contributed by atoms with van der Waals surface area (Å²) in [6, 6.07) is 15.7. The van der Waals surface area contributed by atoms with Gasteiger partial charge >= 0.3 is 12.0 Å². The molecule has 2 amide bonds. The van der Waals surface area contributed by atoms with Crippen LogP contribution in [0.4, 0.5) is 15.0 Å². The molecule has 0 atom stereocenters. The quantitative estimate of drug-likeness (QED) is 0.122. The third-order valence-corrected chi connectivity index (χ3v) is 8.55. The largest absolute Gasteiger partial charge is 0.506 e. The highest BCUT2D eigenvalue weighted by atomic mass is 35.5. The minimum absolute atomic E-state index is 0.0154. The summed E-state index contributed by atoms with van der Waals surface area (Å²) in [6.45, 7) is 9.12. The number of anilines is 1. The molecule has 0 aliphatic carbocycles. The van der Waals surface area contributed by atoms with Gasteiger partial charge in [-0.2, -0.15) is 5.10 Å². The fourth-order valence-corrected chi connectivity index (χ4v) is 5.44. The van der Waals surface area contributed by atoms with Crippen LogP contribution in [-0.4, -0.2) is 36.6 Å². The van der Waals surface area contributed by atoms with Gasteiger partial charge in [0.2, 0.25) is 0 Å². The first-order chi connectivity index (χ1) is 23.5. The monoisotopic (exact) mass is 721 g/mol. The van der Waals surface area contributed by atoms with Crippen molar-refractivity contribution in [3.63, 3.8) is 0 Å². The molecule has 3 aromatic carbocycles. The highest BCUT2D eigenvalue weighted by molar-refractivity contribution is 6.32. The normalized spacial score (nSPS) is 11.4. The summed E-state index contributed by atoms with van der Waals surface area (Å²) in [5.74, 6) is -1.41. The number of aromatic nitrogens is 3. The number of aryl methyl sites for hydroxylation is 2. The van der Waals surface area contributed by atoms with Crippen LogP contribution >= 0.6 is 23.2 Å². The molecule has 11 nitrogen and oxygen atoms in total. The fraction of sp³-hybridized carbons (Fsp3) is 0.222. The second kappa shape index (κ2) is 14.3. The van der Waals surface area contributed by atoms with E-state index in [0.717, 1.165) is 0 Å². The van der Waals surface area contributed by atoms with Crippen LogP contribution in [0.15, 0.2) is 71.5 Å². The van der Waals surface area contributed by atoms with Crippen molar-refractivity contribution in [2.75, 3.05) is 5.32 Å². The number of ether oxygens (including phenoxy) is 1. The van der Waals surface area contributed by atoms with Crippen molar-refractivity contribution < 1.29 is 28.9 Å². The number of phenols is 1. The molecular formula is C36H34Cl2FN5O6. The van der Waals surface area contributed by atoms with Crippen LogP contribution in [0.1, 0.15) is 59.2 Å². The number of benzene rings is 3. The van der Waals surface area contributed by atoms with E-state index in [0.29, 0.717) is 45.3 Å². The number of nitrogens with zero attached hydrogens (tertiary/aromatic N) is 3. The number of rotatable bonds is 9. The molecule has 0 aliphatic heterocycles. The Kier molecular flexibility index (Phi) is 10.3. The summed E-state index contributed by atoms with van der Waals surface area (Å²) in [5, 5.41) is 29.7. The van der Waals surface area contributed by atoms with Crippen molar-refractivity contribution in [3.8, 4) is 22.9 Å². The van der Waals surface area contributed by atoms with Crippen LogP contribution < -0.4 is 20.9 Å². The van der Waals surface area contributed by atoms with Gasteiger partial charge < -0.3 is 20.3 Å². The van der Waals surface area contributed by atoms with E-state index in [-0.39, 0.29) is 45.7 Å². The number of halogens is 3. The Hall–Kier alpha value is -5.33. The summed E-state index contributed by atoms with van der Waals surface area (Å²) in [6.07, 6.45) is 0. The predicted octanol–water partition coefficient (Wildman–Crippen LogP) is 7.69. The lowest BCUT2D eigenvalue weighted by Crippen LogP contribution is -2.29. The second-order valence-electron chi connectivity index (χ2n) is 12.6. The first-order valence-corrected chi connectivity index (χ1v) is 16.1. The zero-order chi connectivity index (χ0) is 36.5. The molecule has 0 aliphatic rings. The van der Waals surface area contributed by atoms with Gasteiger partial charge in [-0.3, -0.25) is 14.7 Å². The number of carboxylic acids is 1. The minimum atomic E-state index is -1.13. The third-order valence-electron chi connectivity index (χ3n) is 7.88. The number of carbonyl (C=O) groups excluding carboxylic acids is 1. The van der Waals surface area contributed by atoms with Crippen LogP contribution in [-0.2, 0) is 18.6 Å². The number of carboxylic acid groups (broad SMARTS) is 1. The van der Waals surface area contributed by atoms with Gasteiger partial charge in [-0.25, -0.2) is 18.7 Å². The van der Waals surface area contributed by atoms with Crippen LogP contribution in [0.5, 0.6) is 11.5 Å². The van der Waals surface area contributed by atoms with Crippen molar-refractivity contribution in [1.82, 2.24) is 19.7 Å². The Morgan fingerprint density at radius 2 is 1.72 bits per heavy atom. The zero-order valence-corrected chi connectivity index (χ0v) is 29.3. The number of hydrogen-bond acceptors (Lipinski definition) is 6. The summed E-state index contributed by atoms with van der Waals surface area (Å²) >= 11 is 12.4. The molecule has 0 spiro atoms. The maximum absolute atomic E-state index is 14.4. The zero-order valence-electron chi connectivity index (χ0n) is 27.8. The fourth-order valence-electron chi connectivity index (χ4n) is 5.13. The number of aromatic carboxylic acids is 1. The molecule has 0 bridgehead atoms. The maximum atomic E-state index is 14.4. The van der Waals surface area contributed by atoms with E-state index in [4.69, 9.17) is 27.9 Å². The van der Waals surface area contributed by atoms with Gasteiger partial charge in [0.25, 0.3) is 5.56 Å². The molecule has 50 heavy (non-hydrogen) atoms. The number of amides is 2. The van der Waals surface area contributed by atoms with E-state index in [2.05, 4.69) is 15.7 Å². The van der Waals surface area contributed by atoms with E-state index >= 15 is 0 Å². The van der Waals surface area contributed by atoms with E-state index < -0.39 is 23.4 Å². The van der Waals surface area contributed by atoms with E-state index in [9.17, 15) is 29.0 Å². The second-order valence-corrected chi connectivity index (χ2v) is 13.4. The molecule has 0 fully saturated rings. The first kappa shape index (κ1) is 36.0.